The zero-order valence-corrected chi connectivity index (χ0v) is 21.2. The van der Waals surface area contributed by atoms with Crippen LogP contribution in [0.1, 0.15) is 32.6 Å². The summed E-state index contributed by atoms with van der Waals surface area (Å²) in [5, 5.41) is 2.91. The summed E-state index contributed by atoms with van der Waals surface area (Å²) >= 11 is 3.20. The van der Waals surface area contributed by atoms with Crippen LogP contribution in [0.15, 0.2) is 15.9 Å². The lowest BCUT2D eigenvalue weighted by atomic mass is 10.2. The Morgan fingerprint density at radius 2 is 2.06 bits per heavy atom. The van der Waals surface area contributed by atoms with Crippen LogP contribution in [0.2, 0.25) is 0 Å². The highest BCUT2D eigenvalue weighted by Gasteiger charge is 2.12. The Morgan fingerprint density at radius 3 is 2.84 bits per heavy atom. The number of nitrogens with zero attached hydrogens (tertiary/aromatic N) is 3. The van der Waals surface area contributed by atoms with E-state index in [9.17, 15) is 18.9 Å². The van der Waals surface area contributed by atoms with Gasteiger partial charge in [0, 0.05) is 50.4 Å². The van der Waals surface area contributed by atoms with Crippen LogP contribution in [0.4, 0.5) is 0 Å². The first-order valence-electron chi connectivity index (χ1n) is 10.7. The van der Waals surface area contributed by atoms with Crippen LogP contribution < -0.4 is 16.6 Å². The maximum Gasteiger partial charge on any atom is 0.332 e. The van der Waals surface area contributed by atoms with Gasteiger partial charge in [-0.2, -0.15) is 11.8 Å². The van der Waals surface area contributed by atoms with Crippen molar-refractivity contribution in [3.8, 4) is 0 Å². The number of thioether (sulfide) groups is 1. The van der Waals surface area contributed by atoms with Gasteiger partial charge in [0.05, 0.1) is 6.33 Å². The molecule has 1 unspecified atom stereocenters. The predicted octanol–water partition coefficient (Wildman–Crippen LogP) is 2.03. The fourth-order valence-electron chi connectivity index (χ4n) is 3.00. The van der Waals surface area contributed by atoms with Crippen molar-refractivity contribution in [2.75, 3.05) is 36.8 Å². The van der Waals surface area contributed by atoms with E-state index in [1.165, 1.54) is 29.3 Å². The summed E-state index contributed by atoms with van der Waals surface area (Å²) in [6, 6.07) is 0. The number of amides is 1. The number of hydrogen-bond donors (Lipinski definition) is 2. The van der Waals surface area contributed by atoms with Crippen molar-refractivity contribution in [2.45, 2.75) is 39.2 Å². The van der Waals surface area contributed by atoms with Gasteiger partial charge in [0.2, 0.25) is 5.91 Å². The third-order valence-electron chi connectivity index (χ3n) is 4.68. The highest BCUT2D eigenvalue weighted by molar-refractivity contribution is 8.51. The minimum absolute atomic E-state index is 0.0238. The van der Waals surface area contributed by atoms with Crippen LogP contribution in [0.5, 0.6) is 0 Å². The molecule has 0 radical (unpaired) electrons. The van der Waals surface area contributed by atoms with E-state index in [-0.39, 0.29) is 17.2 Å². The lowest BCUT2D eigenvalue weighted by Gasteiger charge is -2.09. The number of hydrogen-bond acceptors (Lipinski definition) is 8. The number of H-pyrrole nitrogens is 1. The first-order chi connectivity index (χ1) is 15.5. The summed E-state index contributed by atoms with van der Waals surface area (Å²) in [7, 11) is -0.231. The lowest BCUT2D eigenvalue weighted by molar-refractivity contribution is -0.121. The lowest BCUT2D eigenvalue weighted by Crippen LogP contribution is -2.38. The highest BCUT2D eigenvalue weighted by Crippen LogP contribution is 2.37. The average molecular weight is 506 g/mol. The van der Waals surface area contributed by atoms with Gasteiger partial charge in [-0.05, 0) is 19.8 Å². The second-order valence-corrected chi connectivity index (χ2v) is 12.2. The average Bonchev–Trinajstić information content (AvgIpc) is 3.27. The minimum Gasteiger partial charge on any atom is -0.373 e. The van der Waals surface area contributed by atoms with E-state index >= 15 is 0 Å². The Bertz CT molecular complexity index is 1010. The summed E-state index contributed by atoms with van der Waals surface area (Å²) in [6.45, 7) is 3.55. The number of aryl methyl sites for hydroxylation is 1. The van der Waals surface area contributed by atoms with Crippen LogP contribution in [-0.4, -0.2) is 61.8 Å². The maximum absolute atomic E-state index is 12.3. The van der Waals surface area contributed by atoms with Gasteiger partial charge in [-0.3, -0.25) is 18.7 Å². The molecule has 10 nitrogen and oxygen atoms in total. The Balaban J connectivity index is 1.55. The summed E-state index contributed by atoms with van der Waals surface area (Å²) in [4.78, 5) is 43.2. The first-order valence-corrected chi connectivity index (χ1v) is 15.1. The topological polar surface area (TPSA) is 128 Å². The zero-order valence-electron chi connectivity index (χ0n) is 18.6. The number of nitrogens with one attached hydrogen (secondary N) is 2. The van der Waals surface area contributed by atoms with Crippen LogP contribution >= 0.6 is 30.1 Å². The van der Waals surface area contributed by atoms with Crippen molar-refractivity contribution >= 4 is 47.2 Å². The number of carbonyl (C=O) groups is 1. The van der Waals surface area contributed by atoms with E-state index in [0.717, 1.165) is 34.7 Å². The number of unbranched alkanes of at least 4 members (excludes halogenated alkanes) is 2. The molecule has 0 saturated carbocycles. The molecule has 2 aromatic heterocycles. The van der Waals surface area contributed by atoms with Crippen molar-refractivity contribution < 1.29 is 14.1 Å². The van der Waals surface area contributed by atoms with Crippen molar-refractivity contribution in [1.29, 1.82) is 0 Å². The molecule has 180 valence electrons. The summed E-state index contributed by atoms with van der Waals surface area (Å²) in [5.41, 5.74) is -0.0776. The molecule has 0 aliphatic rings. The molecular weight excluding hydrogens is 473 g/mol. The van der Waals surface area contributed by atoms with E-state index in [1.807, 2.05) is 6.92 Å². The van der Waals surface area contributed by atoms with Crippen molar-refractivity contribution in [3.05, 3.63) is 27.2 Å². The third kappa shape index (κ3) is 8.46. The number of aromatic nitrogens is 4. The Hall–Kier alpha value is -1.49. The number of rotatable bonds is 16. The van der Waals surface area contributed by atoms with Gasteiger partial charge in [-0.25, -0.2) is 9.78 Å². The monoisotopic (exact) mass is 505 g/mol. The fraction of sp³-hybridized carbons (Fsp3) is 0.684. The molecular formula is C19H32N5O5PS2. The standard InChI is InChI=1S/C19H32N5O5PS2/c1-3-29-14-30(28)32-12-11-31-10-8-20-15(25)7-5-4-6-9-24-17-16(21-13-22-17)18(26)23(2)19(24)27/h13,30H,3-12,14H2,1-2H3,(H,20,25)(H,21,22). The molecule has 0 aliphatic heterocycles. The van der Waals surface area contributed by atoms with Crippen molar-refractivity contribution in [3.63, 3.8) is 0 Å². The predicted molar refractivity (Wildman–Crippen MR) is 132 cm³/mol. The fourth-order valence-corrected chi connectivity index (χ4v) is 6.87. The van der Waals surface area contributed by atoms with Gasteiger partial charge < -0.3 is 19.6 Å². The molecule has 2 N–H and O–H groups in total. The molecule has 1 amide bonds. The van der Waals surface area contributed by atoms with Crippen LogP contribution in [0, 0.1) is 0 Å². The molecule has 0 saturated heterocycles. The van der Waals surface area contributed by atoms with Crippen LogP contribution in [-0.2, 0) is 27.7 Å². The minimum atomic E-state index is -1.68. The summed E-state index contributed by atoms with van der Waals surface area (Å²) in [5.74, 6) is 2.58. The van der Waals surface area contributed by atoms with Gasteiger partial charge >= 0.3 is 5.69 Å². The SMILES string of the molecule is CCOC[PH](=O)SCCSCCNC(=O)CCCCCn1c(=O)n(C)c(=O)c2[nH]cnc21. The van der Waals surface area contributed by atoms with Crippen molar-refractivity contribution in [1.82, 2.24) is 24.4 Å². The van der Waals surface area contributed by atoms with E-state index in [0.29, 0.717) is 50.0 Å². The number of carbonyl (C=O) groups excluding carboxylic acids is 1. The smallest absolute Gasteiger partial charge is 0.332 e. The van der Waals surface area contributed by atoms with Crippen LogP contribution in [0.25, 0.3) is 11.2 Å². The zero-order chi connectivity index (χ0) is 23.3. The molecule has 2 rings (SSSR count). The van der Waals surface area contributed by atoms with Gasteiger partial charge in [0.25, 0.3) is 5.56 Å². The molecule has 2 heterocycles. The largest absolute Gasteiger partial charge is 0.373 e. The number of fused-ring (bicyclic) bond motifs is 1. The molecule has 0 spiro atoms. The van der Waals surface area contributed by atoms with Gasteiger partial charge in [0.1, 0.15) is 11.9 Å². The van der Waals surface area contributed by atoms with Gasteiger partial charge in [-0.15, -0.1) is 0 Å². The Kier molecular flexibility index (Phi) is 12.2. The first kappa shape index (κ1) is 26.8. The Morgan fingerprint density at radius 1 is 1.25 bits per heavy atom. The number of ether oxygens (including phenoxy) is 1. The van der Waals surface area contributed by atoms with Gasteiger partial charge in [0.15, 0.2) is 12.7 Å². The second kappa shape index (κ2) is 14.6. The van der Waals surface area contributed by atoms with E-state index in [1.54, 1.807) is 11.8 Å². The highest BCUT2D eigenvalue weighted by atomic mass is 32.7. The molecule has 2 aromatic rings. The number of imidazole rings is 1. The molecule has 32 heavy (non-hydrogen) atoms. The van der Waals surface area contributed by atoms with E-state index < -0.39 is 7.00 Å². The van der Waals surface area contributed by atoms with Gasteiger partial charge in [-0.1, -0.05) is 17.8 Å². The molecule has 0 fully saturated rings. The molecule has 0 bridgehead atoms. The summed E-state index contributed by atoms with van der Waals surface area (Å²) < 4.78 is 19.3. The molecule has 0 aromatic carbocycles. The molecule has 1 atom stereocenters. The number of aromatic amines is 1. The van der Waals surface area contributed by atoms with E-state index in [2.05, 4.69) is 15.3 Å². The Labute approximate surface area is 195 Å². The quantitative estimate of drug-likeness (QED) is 0.262. The normalized spacial score (nSPS) is 12.3. The summed E-state index contributed by atoms with van der Waals surface area (Å²) in [6.07, 6.45) is 4.44. The molecule has 13 heteroatoms. The third-order valence-corrected chi connectivity index (χ3v) is 9.03. The second-order valence-electron chi connectivity index (χ2n) is 7.03. The van der Waals surface area contributed by atoms with Crippen LogP contribution in [0.3, 0.4) is 0 Å². The van der Waals surface area contributed by atoms with E-state index in [4.69, 9.17) is 4.74 Å². The molecule has 0 aliphatic carbocycles. The maximum atomic E-state index is 12.3. The van der Waals surface area contributed by atoms with Crippen molar-refractivity contribution in [2.24, 2.45) is 7.05 Å².